The van der Waals surface area contributed by atoms with E-state index in [2.05, 4.69) is 9.17 Å². The second kappa shape index (κ2) is 7.26. The minimum atomic E-state index is -6.00. The predicted molar refractivity (Wildman–Crippen MR) is 106 cm³/mol. The maximum Gasteiger partial charge on any atom is 0.534 e. The normalized spacial score (nSPS) is 13.0. The van der Waals surface area contributed by atoms with Gasteiger partial charge in [-0.1, -0.05) is 0 Å². The van der Waals surface area contributed by atoms with Gasteiger partial charge in [0.05, 0.1) is 21.3 Å². The summed E-state index contributed by atoms with van der Waals surface area (Å²) in [7, 11) is -2.08. The third-order valence-corrected chi connectivity index (χ3v) is 5.88. The summed E-state index contributed by atoms with van der Waals surface area (Å²) >= 11 is 0. The van der Waals surface area contributed by atoms with Gasteiger partial charge in [0, 0.05) is 28.3 Å². The first kappa shape index (κ1) is 21.7. The highest BCUT2D eigenvalue weighted by Crippen LogP contribution is 2.51. The molecule has 0 fully saturated rings. The summed E-state index contributed by atoms with van der Waals surface area (Å²) in [5, 5.41) is 1.06. The molecule has 0 aliphatic heterocycles. The molecule has 1 aliphatic carbocycles. The van der Waals surface area contributed by atoms with Gasteiger partial charge >= 0.3 is 15.6 Å². The highest BCUT2D eigenvalue weighted by molar-refractivity contribution is 7.88. The number of carbonyl (C=O) groups is 1. The molecule has 0 atom stereocenters. The lowest BCUT2D eigenvalue weighted by Crippen LogP contribution is -2.28. The number of ketones is 1. The summed E-state index contributed by atoms with van der Waals surface area (Å²) in [6.45, 7) is 0. The minimum absolute atomic E-state index is 0.0146. The van der Waals surface area contributed by atoms with Gasteiger partial charge in [0.2, 0.25) is 5.78 Å². The van der Waals surface area contributed by atoms with Crippen LogP contribution in [0.15, 0.2) is 30.5 Å². The number of alkyl halides is 3. The second-order valence-corrected chi connectivity index (χ2v) is 8.14. The van der Waals surface area contributed by atoms with Crippen LogP contribution in [-0.2, 0) is 10.1 Å². The molecule has 0 N–H and O–H groups in total. The topological polar surface area (TPSA) is 101 Å². The largest absolute Gasteiger partial charge is 0.534 e. The fourth-order valence-electron chi connectivity index (χ4n) is 3.56. The third kappa shape index (κ3) is 3.09. The highest BCUT2D eigenvalue weighted by atomic mass is 32.2. The van der Waals surface area contributed by atoms with Gasteiger partial charge < -0.3 is 18.4 Å². The van der Waals surface area contributed by atoms with Gasteiger partial charge in [0.15, 0.2) is 23.0 Å². The molecule has 3 aromatic rings. The molecule has 0 bridgehead atoms. The van der Waals surface area contributed by atoms with Crippen molar-refractivity contribution in [3.05, 3.63) is 41.7 Å². The molecule has 1 aliphatic rings. The molecule has 0 radical (unpaired) electrons. The summed E-state index contributed by atoms with van der Waals surface area (Å²) in [6, 6.07) is 5.40. The number of pyridine rings is 1. The monoisotopic (exact) mass is 469 g/mol. The Morgan fingerprint density at radius 1 is 0.906 bits per heavy atom. The van der Waals surface area contributed by atoms with Crippen molar-refractivity contribution in [3.8, 4) is 34.1 Å². The number of hydrogen-bond donors (Lipinski definition) is 0. The first-order valence-corrected chi connectivity index (χ1v) is 10.3. The first-order valence-electron chi connectivity index (χ1n) is 8.85. The van der Waals surface area contributed by atoms with E-state index < -0.39 is 27.2 Å². The number of methoxy groups -OCH3 is 3. The van der Waals surface area contributed by atoms with E-state index in [0.717, 1.165) is 13.2 Å². The number of carbonyl (C=O) groups excluding carboxylic acids is 1. The SMILES string of the molecule is COc1cc2c(cc1OS(=O)(=O)C(F)(F)F)C(=O)c1nccc3cc(OC)c(OC)c-2c13. The fraction of sp³-hybridized carbons (Fsp3) is 0.200. The average molecular weight is 469 g/mol. The quantitative estimate of drug-likeness (QED) is 0.322. The summed E-state index contributed by atoms with van der Waals surface area (Å²) in [5.74, 6) is -1.18. The predicted octanol–water partition coefficient (Wildman–Crippen LogP) is 3.70. The van der Waals surface area contributed by atoms with E-state index in [1.165, 1.54) is 26.5 Å². The molecule has 168 valence electrons. The Balaban J connectivity index is 2.06. The van der Waals surface area contributed by atoms with Crippen molar-refractivity contribution in [2.45, 2.75) is 5.51 Å². The number of aromatic nitrogens is 1. The molecule has 0 unspecified atom stereocenters. The molecule has 1 aromatic heterocycles. The maximum absolute atomic E-state index is 13.2. The van der Waals surface area contributed by atoms with Crippen LogP contribution in [0.1, 0.15) is 16.1 Å². The zero-order valence-electron chi connectivity index (χ0n) is 16.7. The van der Waals surface area contributed by atoms with Crippen LogP contribution in [0, 0.1) is 0 Å². The van der Waals surface area contributed by atoms with Crippen molar-refractivity contribution < 1.29 is 44.8 Å². The van der Waals surface area contributed by atoms with Crippen LogP contribution in [0.2, 0.25) is 0 Å². The Morgan fingerprint density at radius 2 is 1.56 bits per heavy atom. The number of rotatable bonds is 5. The smallest absolute Gasteiger partial charge is 0.493 e. The van der Waals surface area contributed by atoms with Crippen LogP contribution in [-0.4, -0.2) is 46.0 Å². The summed E-state index contributed by atoms with van der Waals surface area (Å²) in [6.07, 6.45) is 1.39. The van der Waals surface area contributed by atoms with E-state index in [0.29, 0.717) is 22.1 Å². The van der Waals surface area contributed by atoms with E-state index in [1.807, 2.05) is 0 Å². The Bertz CT molecular complexity index is 1380. The number of hydrogen-bond acceptors (Lipinski definition) is 8. The number of fused-ring (bicyclic) bond motifs is 2. The van der Waals surface area contributed by atoms with Gasteiger partial charge in [-0.2, -0.15) is 21.6 Å². The highest BCUT2D eigenvalue weighted by Gasteiger charge is 2.49. The molecule has 4 rings (SSSR count). The van der Waals surface area contributed by atoms with Crippen LogP contribution < -0.4 is 18.4 Å². The number of halogens is 3. The Hall–Kier alpha value is -3.54. The van der Waals surface area contributed by atoms with E-state index >= 15 is 0 Å². The molecule has 1 heterocycles. The Kier molecular flexibility index (Phi) is 4.92. The van der Waals surface area contributed by atoms with Crippen molar-refractivity contribution in [1.29, 1.82) is 0 Å². The first-order chi connectivity index (χ1) is 15.0. The van der Waals surface area contributed by atoms with Crippen molar-refractivity contribution in [2.24, 2.45) is 0 Å². The molecule has 12 heteroatoms. The van der Waals surface area contributed by atoms with E-state index in [-0.39, 0.29) is 28.3 Å². The Labute approximate surface area is 179 Å². The van der Waals surface area contributed by atoms with Gasteiger partial charge in [-0.15, -0.1) is 0 Å². The molecule has 8 nitrogen and oxygen atoms in total. The Morgan fingerprint density at radius 3 is 2.16 bits per heavy atom. The van der Waals surface area contributed by atoms with Crippen molar-refractivity contribution >= 4 is 26.7 Å². The van der Waals surface area contributed by atoms with Gasteiger partial charge in [0.1, 0.15) is 5.69 Å². The molecule has 32 heavy (non-hydrogen) atoms. The van der Waals surface area contributed by atoms with Crippen LogP contribution >= 0.6 is 0 Å². The van der Waals surface area contributed by atoms with Gasteiger partial charge in [0.25, 0.3) is 0 Å². The van der Waals surface area contributed by atoms with Gasteiger partial charge in [-0.3, -0.25) is 9.78 Å². The van der Waals surface area contributed by atoms with Gasteiger partial charge in [-0.25, -0.2) is 0 Å². The lowest BCUT2D eigenvalue weighted by Gasteiger charge is -2.24. The zero-order chi connectivity index (χ0) is 23.4. The van der Waals surface area contributed by atoms with Crippen molar-refractivity contribution in [1.82, 2.24) is 4.98 Å². The minimum Gasteiger partial charge on any atom is -0.493 e. The number of nitrogens with zero attached hydrogens (tertiary/aromatic N) is 1. The maximum atomic E-state index is 13.2. The molecular weight excluding hydrogens is 455 g/mol. The molecule has 2 aromatic carbocycles. The number of benzene rings is 2. The van der Waals surface area contributed by atoms with E-state index in [1.54, 1.807) is 12.1 Å². The number of ether oxygens (including phenoxy) is 3. The second-order valence-electron chi connectivity index (χ2n) is 6.61. The van der Waals surface area contributed by atoms with Crippen LogP contribution in [0.4, 0.5) is 13.2 Å². The van der Waals surface area contributed by atoms with Crippen molar-refractivity contribution in [2.75, 3.05) is 21.3 Å². The fourth-order valence-corrected chi connectivity index (χ4v) is 4.02. The lowest BCUT2D eigenvalue weighted by atomic mass is 9.84. The zero-order valence-corrected chi connectivity index (χ0v) is 17.6. The van der Waals surface area contributed by atoms with Crippen LogP contribution in [0.5, 0.6) is 23.0 Å². The molecule has 0 saturated heterocycles. The van der Waals surface area contributed by atoms with E-state index in [9.17, 15) is 26.4 Å². The average Bonchev–Trinajstić information content (AvgIpc) is 2.74. The molecule has 0 saturated carbocycles. The summed E-state index contributed by atoms with van der Waals surface area (Å²) in [5.41, 5.74) is -5.18. The third-order valence-electron chi connectivity index (χ3n) is 4.91. The van der Waals surface area contributed by atoms with Crippen LogP contribution in [0.25, 0.3) is 21.9 Å². The molecule has 0 spiro atoms. The van der Waals surface area contributed by atoms with Crippen LogP contribution in [0.3, 0.4) is 0 Å². The molecular formula is C20H14F3NO7S. The summed E-state index contributed by atoms with van der Waals surface area (Å²) < 4.78 is 81.8. The standard InChI is InChI=1S/C20H14F3NO7S/c1-28-12-7-10-11(8-13(12)31-32(26,27)20(21,22)23)18(25)17-15-9(4-5-24-17)6-14(29-2)19(30-3)16(10)15/h4-8H,1-3H3. The van der Waals surface area contributed by atoms with E-state index in [4.69, 9.17) is 14.2 Å². The lowest BCUT2D eigenvalue weighted by molar-refractivity contribution is -0.0500. The summed E-state index contributed by atoms with van der Waals surface area (Å²) in [4.78, 5) is 17.3. The molecule has 0 amide bonds. The van der Waals surface area contributed by atoms with Crippen molar-refractivity contribution in [3.63, 3.8) is 0 Å². The van der Waals surface area contributed by atoms with Gasteiger partial charge in [-0.05, 0) is 29.7 Å².